The number of nitrogens with two attached hydrogens (primary N) is 1. The topological polar surface area (TPSA) is 60.2 Å². The SMILES string of the molecule is NS(=O)(=O)c1ccc(-c2ccccc2-c2cc(Cl)c(C(F)(F)F)c(Cl)c2)cc1. The first-order valence-electron chi connectivity index (χ1n) is 7.77. The number of primary sulfonamides is 1. The van der Waals surface area contributed by atoms with E-state index in [4.69, 9.17) is 28.3 Å². The summed E-state index contributed by atoms with van der Waals surface area (Å²) < 4.78 is 62.1. The molecular weight excluding hydrogens is 434 g/mol. The number of hydrogen-bond donors (Lipinski definition) is 1. The van der Waals surface area contributed by atoms with Gasteiger partial charge in [-0.25, -0.2) is 13.6 Å². The van der Waals surface area contributed by atoms with Gasteiger partial charge in [0.2, 0.25) is 10.0 Å². The molecule has 0 unspecified atom stereocenters. The van der Waals surface area contributed by atoms with Crippen molar-refractivity contribution in [1.82, 2.24) is 0 Å². The molecule has 0 bridgehead atoms. The summed E-state index contributed by atoms with van der Waals surface area (Å²) in [6.45, 7) is 0. The van der Waals surface area contributed by atoms with Gasteiger partial charge in [-0.2, -0.15) is 13.2 Å². The molecule has 0 amide bonds. The maximum atomic E-state index is 13.1. The fourth-order valence-electron chi connectivity index (χ4n) is 2.81. The number of alkyl halides is 3. The Morgan fingerprint density at radius 1 is 0.786 bits per heavy atom. The zero-order valence-electron chi connectivity index (χ0n) is 14.0. The van der Waals surface area contributed by atoms with Crippen molar-refractivity contribution in [2.24, 2.45) is 5.14 Å². The van der Waals surface area contributed by atoms with Crippen LogP contribution in [0.2, 0.25) is 10.0 Å². The molecule has 0 atom stereocenters. The lowest BCUT2D eigenvalue weighted by molar-refractivity contribution is -0.137. The summed E-state index contributed by atoms with van der Waals surface area (Å²) in [5.74, 6) is 0. The number of benzene rings is 3. The van der Waals surface area contributed by atoms with E-state index < -0.39 is 31.8 Å². The summed E-state index contributed by atoms with van der Waals surface area (Å²) in [5.41, 5.74) is 1.21. The first-order chi connectivity index (χ1) is 13.0. The molecule has 9 heteroatoms. The zero-order chi connectivity index (χ0) is 20.7. The van der Waals surface area contributed by atoms with Crippen LogP contribution in [0.5, 0.6) is 0 Å². The molecule has 146 valence electrons. The van der Waals surface area contributed by atoms with Gasteiger partial charge < -0.3 is 0 Å². The molecule has 0 saturated heterocycles. The average Bonchev–Trinajstić information content (AvgIpc) is 2.59. The second-order valence-electron chi connectivity index (χ2n) is 5.93. The van der Waals surface area contributed by atoms with E-state index in [-0.39, 0.29) is 4.90 Å². The highest BCUT2D eigenvalue weighted by atomic mass is 35.5. The van der Waals surface area contributed by atoms with Crippen LogP contribution in [0.3, 0.4) is 0 Å². The Balaban J connectivity index is 2.14. The van der Waals surface area contributed by atoms with Gasteiger partial charge in [0.25, 0.3) is 0 Å². The van der Waals surface area contributed by atoms with Crippen LogP contribution in [0.4, 0.5) is 13.2 Å². The van der Waals surface area contributed by atoms with Crippen molar-refractivity contribution >= 4 is 33.2 Å². The second-order valence-corrected chi connectivity index (χ2v) is 8.30. The van der Waals surface area contributed by atoms with Gasteiger partial charge in [0, 0.05) is 0 Å². The van der Waals surface area contributed by atoms with Crippen molar-refractivity contribution in [3.05, 3.63) is 76.3 Å². The van der Waals surface area contributed by atoms with Crippen LogP contribution in [0.15, 0.2) is 65.6 Å². The predicted molar refractivity (Wildman–Crippen MR) is 104 cm³/mol. The van der Waals surface area contributed by atoms with Crippen molar-refractivity contribution in [2.45, 2.75) is 11.1 Å². The molecule has 0 aliphatic rings. The molecule has 3 nitrogen and oxygen atoms in total. The Morgan fingerprint density at radius 2 is 1.25 bits per heavy atom. The maximum Gasteiger partial charge on any atom is 0.419 e. The quantitative estimate of drug-likeness (QED) is 0.537. The molecule has 0 aliphatic heterocycles. The standard InChI is InChI=1S/C19H12Cl2F3NO2S/c20-16-9-12(10-17(21)18(16)19(22,23)24)15-4-2-1-3-14(15)11-5-7-13(8-6-11)28(25,26)27/h1-10H,(H2,25,26,27). The highest BCUT2D eigenvalue weighted by molar-refractivity contribution is 7.89. The van der Waals surface area contributed by atoms with E-state index in [2.05, 4.69) is 0 Å². The predicted octanol–water partition coefficient (Wildman–Crippen LogP) is 5.99. The van der Waals surface area contributed by atoms with Crippen LogP contribution >= 0.6 is 23.2 Å². The summed E-state index contributed by atoms with van der Waals surface area (Å²) in [5, 5.41) is 4.09. The lowest BCUT2D eigenvalue weighted by Crippen LogP contribution is -2.11. The van der Waals surface area contributed by atoms with E-state index in [0.717, 1.165) is 0 Å². The molecule has 0 heterocycles. The molecule has 0 aromatic heterocycles. The zero-order valence-corrected chi connectivity index (χ0v) is 16.3. The molecule has 0 saturated carbocycles. The summed E-state index contributed by atoms with van der Waals surface area (Å²) >= 11 is 11.7. The van der Waals surface area contributed by atoms with E-state index in [1.165, 1.54) is 24.3 Å². The van der Waals surface area contributed by atoms with Crippen molar-refractivity contribution in [2.75, 3.05) is 0 Å². The third kappa shape index (κ3) is 4.17. The monoisotopic (exact) mass is 445 g/mol. The normalized spacial score (nSPS) is 12.2. The first-order valence-corrected chi connectivity index (χ1v) is 10.1. The van der Waals surface area contributed by atoms with E-state index in [1.807, 2.05) is 0 Å². The van der Waals surface area contributed by atoms with Gasteiger partial charge in [0.05, 0.1) is 20.5 Å². The summed E-state index contributed by atoms with van der Waals surface area (Å²) in [6.07, 6.45) is -4.67. The third-order valence-electron chi connectivity index (χ3n) is 4.06. The van der Waals surface area contributed by atoms with Crippen molar-refractivity contribution in [1.29, 1.82) is 0 Å². The van der Waals surface area contributed by atoms with Gasteiger partial charge in [-0.05, 0) is 46.5 Å². The van der Waals surface area contributed by atoms with E-state index in [1.54, 1.807) is 36.4 Å². The fraction of sp³-hybridized carbons (Fsp3) is 0.0526. The summed E-state index contributed by atoms with van der Waals surface area (Å²) in [6, 6.07) is 15.2. The highest BCUT2D eigenvalue weighted by Crippen LogP contribution is 2.43. The van der Waals surface area contributed by atoms with Crippen molar-refractivity contribution < 1.29 is 21.6 Å². The fourth-order valence-corrected chi connectivity index (χ4v) is 4.03. The van der Waals surface area contributed by atoms with Crippen LogP contribution in [0, 0.1) is 0 Å². The smallest absolute Gasteiger partial charge is 0.225 e. The minimum absolute atomic E-state index is 0.0469. The molecule has 3 aromatic rings. The Morgan fingerprint density at radius 3 is 1.68 bits per heavy atom. The first kappa shape index (κ1) is 20.7. The van der Waals surface area contributed by atoms with Gasteiger partial charge >= 0.3 is 6.18 Å². The number of halogens is 5. The average molecular weight is 446 g/mol. The molecule has 3 rings (SSSR count). The van der Waals surface area contributed by atoms with Gasteiger partial charge in [-0.3, -0.25) is 0 Å². The maximum absolute atomic E-state index is 13.1. The van der Waals surface area contributed by atoms with Gasteiger partial charge in [-0.15, -0.1) is 0 Å². The molecule has 2 N–H and O–H groups in total. The Kier molecular flexibility index (Phi) is 5.46. The van der Waals surface area contributed by atoms with E-state index >= 15 is 0 Å². The minimum atomic E-state index is -4.67. The van der Waals surface area contributed by atoms with Gasteiger partial charge in [-0.1, -0.05) is 59.6 Å². The number of hydrogen-bond acceptors (Lipinski definition) is 2. The van der Waals surface area contributed by atoms with E-state index in [0.29, 0.717) is 22.3 Å². The van der Waals surface area contributed by atoms with Crippen molar-refractivity contribution in [3.63, 3.8) is 0 Å². The Bertz CT molecular complexity index is 1120. The van der Waals surface area contributed by atoms with Gasteiger partial charge in [0.1, 0.15) is 0 Å². The Hall–Kier alpha value is -2.06. The third-order valence-corrected chi connectivity index (χ3v) is 5.58. The molecular formula is C19H12Cl2F3NO2S. The molecule has 0 spiro atoms. The molecule has 0 aliphatic carbocycles. The lowest BCUT2D eigenvalue weighted by Gasteiger charge is -2.15. The van der Waals surface area contributed by atoms with Crippen LogP contribution in [0.25, 0.3) is 22.3 Å². The van der Waals surface area contributed by atoms with Crippen LogP contribution in [-0.4, -0.2) is 8.42 Å². The molecule has 3 aromatic carbocycles. The Labute approximate surface area is 169 Å². The lowest BCUT2D eigenvalue weighted by atomic mass is 9.94. The summed E-state index contributed by atoms with van der Waals surface area (Å²) in [7, 11) is -3.84. The highest BCUT2D eigenvalue weighted by Gasteiger charge is 2.36. The number of sulfonamides is 1. The molecule has 0 radical (unpaired) electrons. The minimum Gasteiger partial charge on any atom is -0.225 e. The largest absolute Gasteiger partial charge is 0.419 e. The molecule has 0 fully saturated rings. The summed E-state index contributed by atoms with van der Waals surface area (Å²) in [4.78, 5) is -0.0469. The van der Waals surface area contributed by atoms with E-state index in [9.17, 15) is 21.6 Å². The van der Waals surface area contributed by atoms with Crippen LogP contribution in [-0.2, 0) is 16.2 Å². The number of rotatable bonds is 3. The second kappa shape index (κ2) is 7.40. The van der Waals surface area contributed by atoms with Crippen LogP contribution in [0.1, 0.15) is 5.56 Å². The van der Waals surface area contributed by atoms with Gasteiger partial charge in [0.15, 0.2) is 0 Å². The molecule has 28 heavy (non-hydrogen) atoms. The van der Waals surface area contributed by atoms with Crippen LogP contribution < -0.4 is 5.14 Å². The van der Waals surface area contributed by atoms with Crippen molar-refractivity contribution in [3.8, 4) is 22.3 Å².